The molecule has 6 heteroatoms. The van der Waals surface area contributed by atoms with Crippen LogP contribution in [0.2, 0.25) is 5.02 Å². The van der Waals surface area contributed by atoms with Gasteiger partial charge in [-0.25, -0.2) is 0 Å². The number of carbonyl (C=O) groups excluding carboxylic acids is 1. The van der Waals surface area contributed by atoms with E-state index in [-0.39, 0.29) is 5.69 Å². The SMILES string of the molecule is O=C(c1ccc(Cl)cn1)c1ccccc1C(F)(F)F. The van der Waals surface area contributed by atoms with Crippen LogP contribution in [0.25, 0.3) is 0 Å². The van der Waals surface area contributed by atoms with E-state index < -0.39 is 23.1 Å². The standard InChI is InChI=1S/C13H7ClF3NO/c14-8-5-6-11(18-7-8)12(19)9-3-1-2-4-10(9)13(15,16)17/h1-7H. The van der Waals surface area contributed by atoms with Crippen molar-refractivity contribution >= 4 is 17.4 Å². The predicted octanol–water partition coefficient (Wildman–Crippen LogP) is 3.98. The van der Waals surface area contributed by atoms with Gasteiger partial charge in [0.1, 0.15) is 5.69 Å². The zero-order valence-electron chi connectivity index (χ0n) is 9.41. The summed E-state index contributed by atoms with van der Waals surface area (Å²) in [6.07, 6.45) is -3.37. The number of hydrogen-bond acceptors (Lipinski definition) is 2. The van der Waals surface area contributed by atoms with Crippen molar-refractivity contribution in [1.29, 1.82) is 0 Å². The summed E-state index contributed by atoms with van der Waals surface area (Å²) in [5.41, 5.74) is -1.48. The highest BCUT2D eigenvalue weighted by molar-refractivity contribution is 6.30. The molecule has 2 aromatic rings. The number of alkyl halides is 3. The fraction of sp³-hybridized carbons (Fsp3) is 0.0769. The predicted molar refractivity (Wildman–Crippen MR) is 64.1 cm³/mol. The van der Waals surface area contributed by atoms with Crippen LogP contribution in [0.15, 0.2) is 42.6 Å². The Morgan fingerprint density at radius 3 is 2.37 bits per heavy atom. The summed E-state index contributed by atoms with van der Waals surface area (Å²) in [7, 11) is 0. The quantitative estimate of drug-likeness (QED) is 0.781. The second kappa shape index (κ2) is 5.01. The topological polar surface area (TPSA) is 30.0 Å². The van der Waals surface area contributed by atoms with Gasteiger partial charge in [0.05, 0.1) is 10.6 Å². The molecular weight excluding hydrogens is 279 g/mol. The van der Waals surface area contributed by atoms with Crippen molar-refractivity contribution in [2.45, 2.75) is 6.18 Å². The summed E-state index contributed by atoms with van der Waals surface area (Å²) in [5.74, 6) is -0.787. The zero-order valence-corrected chi connectivity index (χ0v) is 10.2. The lowest BCUT2D eigenvalue weighted by atomic mass is 10.0. The molecule has 1 aromatic carbocycles. The van der Waals surface area contributed by atoms with Crippen molar-refractivity contribution < 1.29 is 18.0 Å². The Hall–Kier alpha value is -1.88. The van der Waals surface area contributed by atoms with Gasteiger partial charge in [0.15, 0.2) is 0 Å². The molecular formula is C13H7ClF3NO. The van der Waals surface area contributed by atoms with E-state index in [2.05, 4.69) is 4.98 Å². The van der Waals surface area contributed by atoms with Crippen molar-refractivity contribution in [3.05, 3.63) is 64.4 Å². The van der Waals surface area contributed by atoms with Gasteiger partial charge < -0.3 is 0 Å². The van der Waals surface area contributed by atoms with Crippen molar-refractivity contribution in [3.63, 3.8) is 0 Å². The number of aromatic nitrogens is 1. The van der Waals surface area contributed by atoms with Gasteiger partial charge in [0.25, 0.3) is 0 Å². The first kappa shape index (κ1) is 13.5. The van der Waals surface area contributed by atoms with Crippen LogP contribution in [-0.4, -0.2) is 10.8 Å². The smallest absolute Gasteiger partial charge is 0.287 e. The van der Waals surface area contributed by atoms with E-state index in [0.29, 0.717) is 5.02 Å². The second-order valence-electron chi connectivity index (χ2n) is 3.73. The molecule has 98 valence electrons. The largest absolute Gasteiger partial charge is 0.417 e. The molecule has 2 rings (SSSR count). The minimum atomic E-state index is -4.58. The highest BCUT2D eigenvalue weighted by atomic mass is 35.5. The van der Waals surface area contributed by atoms with Crippen LogP contribution >= 0.6 is 11.6 Å². The van der Waals surface area contributed by atoms with Gasteiger partial charge in [-0.15, -0.1) is 0 Å². The molecule has 2 nitrogen and oxygen atoms in total. The highest BCUT2D eigenvalue weighted by Gasteiger charge is 2.35. The lowest BCUT2D eigenvalue weighted by Gasteiger charge is -2.11. The number of carbonyl (C=O) groups is 1. The first-order valence-electron chi connectivity index (χ1n) is 5.22. The van der Waals surface area contributed by atoms with Gasteiger partial charge >= 0.3 is 6.18 Å². The molecule has 0 unspecified atom stereocenters. The monoisotopic (exact) mass is 285 g/mol. The van der Waals surface area contributed by atoms with E-state index >= 15 is 0 Å². The van der Waals surface area contributed by atoms with Gasteiger partial charge in [-0.05, 0) is 18.2 Å². The van der Waals surface area contributed by atoms with Crippen molar-refractivity contribution in [1.82, 2.24) is 4.98 Å². The number of hydrogen-bond donors (Lipinski definition) is 0. The van der Waals surface area contributed by atoms with Crippen molar-refractivity contribution in [2.24, 2.45) is 0 Å². The maximum absolute atomic E-state index is 12.8. The fourth-order valence-corrected chi connectivity index (χ4v) is 1.69. The van der Waals surface area contributed by atoms with E-state index in [1.54, 1.807) is 0 Å². The Morgan fingerprint density at radius 2 is 1.79 bits per heavy atom. The minimum absolute atomic E-state index is 0.0823. The number of rotatable bonds is 2. The van der Waals surface area contributed by atoms with Crippen molar-refractivity contribution in [3.8, 4) is 0 Å². The fourth-order valence-electron chi connectivity index (χ4n) is 1.58. The normalized spacial score (nSPS) is 11.4. The summed E-state index contributed by atoms with van der Waals surface area (Å²) >= 11 is 5.61. The Bertz CT molecular complexity index is 608. The van der Waals surface area contributed by atoms with Crippen LogP contribution in [0.4, 0.5) is 13.2 Å². The molecule has 0 radical (unpaired) electrons. The third-order valence-corrected chi connectivity index (χ3v) is 2.66. The first-order chi connectivity index (χ1) is 8.89. The van der Waals surface area contributed by atoms with Gasteiger partial charge in [-0.1, -0.05) is 29.8 Å². The second-order valence-corrected chi connectivity index (χ2v) is 4.17. The molecule has 1 heterocycles. The molecule has 0 amide bonds. The van der Waals surface area contributed by atoms with Gasteiger partial charge in [0.2, 0.25) is 5.78 Å². The van der Waals surface area contributed by atoms with Crippen LogP contribution in [0.1, 0.15) is 21.6 Å². The highest BCUT2D eigenvalue weighted by Crippen LogP contribution is 2.32. The molecule has 0 fully saturated rings. The third kappa shape index (κ3) is 2.93. The molecule has 0 saturated heterocycles. The summed E-state index contributed by atoms with van der Waals surface area (Å²) in [4.78, 5) is 15.7. The number of benzene rings is 1. The van der Waals surface area contributed by atoms with Crippen molar-refractivity contribution in [2.75, 3.05) is 0 Å². The molecule has 0 atom stereocenters. The van der Waals surface area contributed by atoms with Crippen LogP contribution in [0, 0.1) is 0 Å². The lowest BCUT2D eigenvalue weighted by Crippen LogP contribution is -2.14. The van der Waals surface area contributed by atoms with Gasteiger partial charge in [0, 0.05) is 11.8 Å². The van der Waals surface area contributed by atoms with Crippen LogP contribution in [-0.2, 0) is 6.18 Å². The van der Waals surface area contributed by atoms with E-state index in [9.17, 15) is 18.0 Å². The average Bonchev–Trinajstić information content (AvgIpc) is 2.38. The minimum Gasteiger partial charge on any atom is -0.287 e. The summed E-state index contributed by atoms with van der Waals surface area (Å²) in [6.45, 7) is 0. The zero-order chi connectivity index (χ0) is 14.0. The summed E-state index contributed by atoms with van der Waals surface area (Å²) < 4.78 is 38.4. The van der Waals surface area contributed by atoms with E-state index in [4.69, 9.17) is 11.6 Å². The Kier molecular flexibility index (Phi) is 3.57. The van der Waals surface area contributed by atoms with E-state index in [1.165, 1.54) is 30.5 Å². The van der Waals surface area contributed by atoms with E-state index in [0.717, 1.165) is 12.1 Å². The first-order valence-corrected chi connectivity index (χ1v) is 5.60. The number of pyridine rings is 1. The molecule has 0 spiro atoms. The maximum Gasteiger partial charge on any atom is 0.417 e. The third-order valence-electron chi connectivity index (χ3n) is 2.44. The summed E-state index contributed by atoms with van der Waals surface area (Å²) in [6, 6.07) is 7.29. The Balaban J connectivity index is 2.48. The molecule has 0 bridgehead atoms. The number of halogens is 4. The molecule has 1 aromatic heterocycles. The molecule has 0 saturated carbocycles. The van der Waals surface area contributed by atoms with E-state index in [1.807, 2.05) is 0 Å². The number of nitrogens with zero attached hydrogens (tertiary/aromatic N) is 1. The lowest BCUT2D eigenvalue weighted by molar-refractivity contribution is -0.137. The Labute approximate surface area is 111 Å². The number of ketones is 1. The van der Waals surface area contributed by atoms with Crippen LogP contribution in [0.3, 0.4) is 0 Å². The molecule has 19 heavy (non-hydrogen) atoms. The maximum atomic E-state index is 12.8. The average molecular weight is 286 g/mol. The summed E-state index contributed by atoms with van der Waals surface area (Å²) in [5, 5.41) is 0.306. The van der Waals surface area contributed by atoms with Crippen LogP contribution < -0.4 is 0 Å². The molecule has 0 aliphatic heterocycles. The van der Waals surface area contributed by atoms with Gasteiger partial charge in [-0.3, -0.25) is 9.78 Å². The Morgan fingerprint density at radius 1 is 1.11 bits per heavy atom. The molecule has 0 N–H and O–H groups in total. The molecule has 0 aliphatic rings. The molecule has 0 aliphatic carbocycles. The van der Waals surface area contributed by atoms with Crippen LogP contribution in [0.5, 0.6) is 0 Å². The van der Waals surface area contributed by atoms with Gasteiger partial charge in [-0.2, -0.15) is 13.2 Å².